The van der Waals surface area contributed by atoms with Gasteiger partial charge >= 0.3 is 0 Å². The van der Waals surface area contributed by atoms with Gasteiger partial charge in [-0.05, 0) is 25.3 Å². The molecule has 0 spiro atoms. The number of hydrogen-bond donors (Lipinski definition) is 0. The molecule has 0 aliphatic carbocycles. The molecule has 0 saturated heterocycles. The van der Waals surface area contributed by atoms with Gasteiger partial charge in [0, 0.05) is 12.8 Å². The standard InChI is InChI=1S/C11H15N/c1-2-4-6-8-10-12-11-9-7-5-3-1/h1-2,4,6-7,9,11H,3,5,8,10H2. The van der Waals surface area contributed by atoms with Crippen molar-refractivity contribution in [1.29, 1.82) is 0 Å². The monoisotopic (exact) mass is 161 g/mol. The minimum atomic E-state index is 0.898. The zero-order valence-corrected chi connectivity index (χ0v) is 7.32. The average molecular weight is 161 g/mol. The van der Waals surface area contributed by atoms with E-state index in [4.69, 9.17) is 0 Å². The lowest BCUT2D eigenvalue weighted by Gasteiger charge is -1.88. The number of allylic oxidation sites excluding steroid dienone is 5. The van der Waals surface area contributed by atoms with Crippen LogP contribution in [0.4, 0.5) is 0 Å². The molecule has 0 atom stereocenters. The van der Waals surface area contributed by atoms with Crippen molar-refractivity contribution in [1.82, 2.24) is 0 Å². The third-order valence-electron chi connectivity index (χ3n) is 1.64. The van der Waals surface area contributed by atoms with Gasteiger partial charge in [0.15, 0.2) is 0 Å². The van der Waals surface area contributed by atoms with Crippen LogP contribution in [0.15, 0.2) is 41.4 Å². The quantitative estimate of drug-likeness (QED) is 0.518. The number of hydrogen-bond acceptors (Lipinski definition) is 1. The van der Waals surface area contributed by atoms with E-state index in [9.17, 15) is 0 Å². The maximum Gasteiger partial charge on any atom is 0.0423 e. The normalized spacial score (nSPS) is 18.7. The van der Waals surface area contributed by atoms with Gasteiger partial charge in [0.2, 0.25) is 0 Å². The van der Waals surface area contributed by atoms with Crippen LogP contribution in [0.3, 0.4) is 0 Å². The van der Waals surface area contributed by atoms with Crippen molar-refractivity contribution in [3.8, 4) is 0 Å². The van der Waals surface area contributed by atoms with Crippen molar-refractivity contribution in [2.24, 2.45) is 4.99 Å². The van der Waals surface area contributed by atoms with Crippen molar-refractivity contribution >= 4 is 6.21 Å². The second kappa shape index (κ2) is 6.59. The molecule has 0 fully saturated rings. The predicted molar refractivity (Wildman–Crippen MR) is 54.6 cm³/mol. The summed E-state index contributed by atoms with van der Waals surface area (Å²) in [6.07, 6.45) is 17.9. The maximum absolute atomic E-state index is 4.22. The highest BCUT2D eigenvalue weighted by molar-refractivity contribution is 5.70. The van der Waals surface area contributed by atoms with E-state index in [0.717, 1.165) is 25.8 Å². The largest absolute Gasteiger partial charge is 0.293 e. The Labute approximate surface area is 74.2 Å². The summed E-state index contributed by atoms with van der Waals surface area (Å²) in [6, 6.07) is 0. The summed E-state index contributed by atoms with van der Waals surface area (Å²) in [5, 5.41) is 0. The Morgan fingerprint density at radius 2 is 1.42 bits per heavy atom. The fraction of sp³-hybridized carbons (Fsp3) is 0.364. The van der Waals surface area contributed by atoms with Crippen LogP contribution < -0.4 is 0 Å². The first-order valence-corrected chi connectivity index (χ1v) is 4.47. The number of rotatable bonds is 0. The molecular formula is C11H15N. The fourth-order valence-corrected chi connectivity index (χ4v) is 0.984. The van der Waals surface area contributed by atoms with Gasteiger partial charge in [0.1, 0.15) is 0 Å². The van der Waals surface area contributed by atoms with Crippen molar-refractivity contribution in [2.45, 2.75) is 19.3 Å². The summed E-state index contributed by atoms with van der Waals surface area (Å²) >= 11 is 0. The summed E-state index contributed by atoms with van der Waals surface area (Å²) in [7, 11) is 0. The summed E-state index contributed by atoms with van der Waals surface area (Å²) in [5.74, 6) is 0. The Kier molecular flexibility index (Phi) is 4.93. The predicted octanol–water partition coefficient (Wildman–Crippen LogP) is 2.91. The molecular weight excluding hydrogens is 146 g/mol. The maximum atomic E-state index is 4.22. The molecule has 1 heterocycles. The summed E-state index contributed by atoms with van der Waals surface area (Å²) in [6.45, 7) is 0.898. The van der Waals surface area contributed by atoms with Crippen molar-refractivity contribution < 1.29 is 0 Å². The Balaban J connectivity index is 2.40. The molecule has 1 aliphatic rings. The first kappa shape index (κ1) is 8.98. The molecule has 1 heteroatoms. The van der Waals surface area contributed by atoms with E-state index >= 15 is 0 Å². The highest BCUT2D eigenvalue weighted by atomic mass is 14.7. The highest BCUT2D eigenvalue weighted by Crippen LogP contribution is 1.94. The van der Waals surface area contributed by atoms with Gasteiger partial charge in [0.05, 0.1) is 0 Å². The molecule has 64 valence electrons. The second-order valence-electron chi connectivity index (χ2n) is 2.71. The lowest BCUT2D eigenvalue weighted by atomic mass is 10.2. The van der Waals surface area contributed by atoms with E-state index in [1.807, 2.05) is 12.3 Å². The van der Waals surface area contributed by atoms with E-state index in [2.05, 4.69) is 35.4 Å². The van der Waals surface area contributed by atoms with Crippen LogP contribution in [0.1, 0.15) is 19.3 Å². The van der Waals surface area contributed by atoms with Crippen LogP contribution >= 0.6 is 0 Å². The van der Waals surface area contributed by atoms with Gasteiger partial charge in [-0.3, -0.25) is 4.99 Å². The fourth-order valence-electron chi connectivity index (χ4n) is 0.984. The second-order valence-corrected chi connectivity index (χ2v) is 2.71. The van der Waals surface area contributed by atoms with E-state index in [0.29, 0.717) is 0 Å². The van der Waals surface area contributed by atoms with Crippen LogP contribution in [0.25, 0.3) is 0 Å². The lowest BCUT2D eigenvalue weighted by molar-refractivity contribution is 1.01. The Hall–Kier alpha value is -1.11. The molecule has 0 amide bonds. The molecule has 1 nitrogen and oxygen atoms in total. The number of nitrogens with zero attached hydrogens (tertiary/aromatic N) is 1. The van der Waals surface area contributed by atoms with Crippen molar-refractivity contribution in [2.75, 3.05) is 6.54 Å². The van der Waals surface area contributed by atoms with Crippen LogP contribution in [0, 0.1) is 0 Å². The molecule has 0 aromatic rings. The smallest absolute Gasteiger partial charge is 0.0423 e. The van der Waals surface area contributed by atoms with Gasteiger partial charge in [-0.2, -0.15) is 0 Å². The third kappa shape index (κ3) is 4.67. The first-order chi connectivity index (χ1) is 6.00. The van der Waals surface area contributed by atoms with Crippen LogP contribution in [0.2, 0.25) is 0 Å². The van der Waals surface area contributed by atoms with Gasteiger partial charge in [-0.25, -0.2) is 0 Å². The van der Waals surface area contributed by atoms with E-state index in [-0.39, 0.29) is 0 Å². The van der Waals surface area contributed by atoms with E-state index in [1.54, 1.807) is 0 Å². The van der Waals surface area contributed by atoms with Gasteiger partial charge in [-0.1, -0.05) is 30.4 Å². The Morgan fingerprint density at radius 1 is 0.750 bits per heavy atom. The van der Waals surface area contributed by atoms with Gasteiger partial charge < -0.3 is 0 Å². The molecule has 1 rings (SSSR count). The molecule has 0 aromatic carbocycles. The SMILES string of the molecule is C1=CCCC=CC=NCCC=C1. The first-order valence-electron chi connectivity index (χ1n) is 4.47. The third-order valence-corrected chi connectivity index (χ3v) is 1.64. The van der Waals surface area contributed by atoms with Crippen LogP contribution in [-0.2, 0) is 0 Å². The van der Waals surface area contributed by atoms with Gasteiger partial charge in [-0.15, -0.1) is 0 Å². The molecule has 0 unspecified atom stereocenters. The molecule has 12 heavy (non-hydrogen) atoms. The molecule has 0 N–H and O–H groups in total. The van der Waals surface area contributed by atoms with E-state index in [1.165, 1.54) is 0 Å². The highest BCUT2D eigenvalue weighted by Gasteiger charge is 1.78. The van der Waals surface area contributed by atoms with Crippen molar-refractivity contribution in [3.05, 3.63) is 36.5 Å². The Morgan fingerprint density at radius 3 is 2.25 bits per heavy atom. The molecule has 0 aromatic heterocycles. The molecule has 0 bridgehead atoms. The van der Waals surface area contributed by atoms with Crippen LogP contribution in [-0.4, -0.2) is 12.8 Å². The molecule has 0 saturated carbocycles. The molecule has 1 aliphatic heterocycles. The number of aliphatic imine (C=N–C) groups is 1. The zero-order chi connectivity index (χ0) is 8.49. The Bertz CT molecular complexity index is 161. The summed E-state index contributed by atoms with van der Waals surface area (Å²) in [4.78, 5) is 4.22. The van der Waals surface area contributed by atoms with Crippen molar-refractivity contribution in [3.63, 3.8) is 0 Å². The lowest BCUT2D eigenvalue weighted by Crippen LogP contribution is -1.77. The summed E-state index contributed by atoms with van der Waals surface area (Å²) < 4.78 is 0. The zero-order valence-electron chi connectivity index (χ0n) is 7.32. The van der Waals surface area contributed by atoms with E-state index < -0.39 is 0 Å². The van der Waals surface area contributed by atoms with Crippen LogP contribution in [0.5, 0.6) is 0 Å². The average Bonchev–Trinajstić information content (AvgIpc) is 2.05. The van der Waals surface area contributed by atoms with Gasteiger partial charge in [0.25, 0.3) is 0 Å². The minimum absolute atomic E-state index is 0.898. The topological polar surface area (TPSA) is 12.4 Å². The molecule has 0 radical (unpaired) electrons. The summed E-state index contributed by atoms with van der Waals surface area (Å²) in [5.41, 5.74) is 0. The minimum Gasteiger partial charge on any atom is -0.293 e.